The number of ether oxygens (including phenoxy) is 3. The summed E-state index contributed by atoms with van der Waals surface area (Å²) < 4.78 is 18.3. The number of rotatable bonds is 5. The molecule has 1 saturated heterocycles. The number of aryl methyl sites for hydroxylation is 2. The van der Waals surface area contributed by atoms with Crippen molar-refractivity contribution in [2.45, 2.75) is 19.9 Å². The van der Waals surface area contributed by atoms with Gasteiger partial charge in [0.1, 0.15) is 30.5 Å². The lowest BCUT2D eigenvalue weighted by Gasteiger charge is -2.23. The number of Topliss-reactive ketones (excluding diaryl/α,β-unsaturated/α-hetero) is 1. The SMILES string of the molecule is Cc1cc(C)c2nc(N3C(=O)C(=O)/C(=C(/O)c4ccc5c(c4)OCCO5)C3c3cccc(Oc4ccccc4)c3)sc2c1. The number of fused-ring (bicyclic) bond motifs is 2. The second-order valence-corrected chi connectivity index (χ2v) is 11.4. The molecule has 3 heterocycles. The normalized spacial score (nSPS) is 17.4. The Morgan fingerprint density at radius 2 is 1.67 bits per heavy atom. The molecule has 1 aromatic heterocycles. The number of aliphatic hydroxyl groups excluding tert-OH is 1. The number of para-hydroxylation sites is 1. The summed E-state index contributed by atoms with van der Waals surface area (Å²) in [4.78, 5) is 33.8. The standard InChI is InChI=1S/C34H26N2O6S/c1-19-15-20(2)29-27(16-19)43-34(35-29)36-30(21-7-6-10-24(17-21)42-23-8-4-3-5-9-23)28(32(38)33(36)39)31(37)22-11-12-25-26(18-22)41-14-13-40-25/h3-12,15-18,30,37H,13-14H2,1-2H3/b31-28+. The summed E-state index contributed by atoms with van der Waals surface area (Å²) in [6.07, 6.45) is 0. The molecule has 2 aliphatic heterocycles. The van der Waals surface area contributed by atoms with Gasteiger partial charge in [0, 0.05) is 5.56 Å². The van der Waals surface area contributed by atoms with Gasteiger partial charge in [0.25, 0.3) is 5.78 Å². The molecule has 43 heavy (non-hydrogen) atoms. The van der Waals surface area contributed by atoms with Crippen LogP contribution in [0.2, 0.25) is 0 Å². The molecule has 1 amide bonds. The highest BCUT2D eigenvalue weighted by Gasteiger charge is 2.48. The first-order valence-corrected chi connectivity index (χ1v) is 14.6. The van der Waals surface area contributed by atoms with Gasteiger partial charge >= 0.3 is 5.91 Å². The fourth-order valence-electron chi connectivity index (χ4n) is 5.53. The Morgan fingerprint density at radius 1 is 0.907 bits per heavy atom. The summed E-state index contributed by atoms with van der Waals surface area (Å²) in [7, 11) is 0. The van der Waals surface area contributed by atoms with Crippen LogP contribution in [0.25, 0.3) is 16.0 Å². The number of ketones is 1. The predicted octanol–water partition coefficient (Wildman–Crippen LogP) is 7.10. The zero-order valence-corrected chi connectivity index (χ0v) is 24.2. The van der Waals surface area contributed by atoms with Gasteiger partial charge in [-0.15, -0.1) is 0 Å². The van der Waals surface area contributed by atoms with E-state index in [1.54, 1.807) is 42.5 Å². The molecule has 7 rings (SSSR count). The largest absolute Gasteiger partial charge is 0.507 e. The van der Waals surface area contributed by atoms with Crippen LogP contribution in [0.4, 0.5) is 5.13 Å². The maximum Gasteiger partial charge on any atom is 0.301 e. The summed E-state index contributed by atoms with van der Waals surface area (Å²) in [5.74, 6) is 0.268. The van der Waals surface area contributed by atoms with Crippen molar-refractivity contribution in [3.05, 3.63) is 113 Å². The first kappa shape index (κ1) is 26.7. The first-order chi connectivity index (χ1) is 20.9. The van der Waals surface area contributed by atoms with E-state index >= 15 is 0 Å². The van der Waals surface area contributed by atoms with Crippen LogP contribution in [-0.2, 0) is 9.59 Å². The van der Waals surface area contributed by atoms with Gasteiger partial charge in [0.15, 0.2) is 16.6 Å². The average molecular weight is 591 g/mol. The Labute approximate surface area is 251 Å². The molecule has 0 aliphatic carbocycles. The Bertz CT molecular complexity index is 1950. The van der Waals surface area contributed by atoms with E-state index < -0.39 is 17.7 Å². The molecule has 0 radical (unpaired) electrons. The molecule has 8 nitrogen and oxygen atoms in total. The number of amides is 1. The third-order valence-corrected chi connectivity index (χ3v) is 8.44. The van der Waals surface area contributed by atoms with Gasteiger partial charge in [-0.1, -0.05) is 47.7 Å². The van der Waals surface area contributed by atoms with Crippen LogP contribution >= 0.6 is 11.3 Å². The molecule has 1 unspecified atom stereocenters. The molecule has 4 aromatic carbocycles. The lowest BCUT2D eigenvalue weighted by Crippen LogP contribution is -2.29. The molecular formula is C34H26N2O6S. The number of nitrogens with zero attached hydrogens (tertiary/aromatic N) is 2. The third kappa shape index (κ3) is 4.77. The number of aliphatic hydroxyl groups is 1. The minimum Gasteiger partial charge on any atom is -0.507 e. The quantitative estimate of drug-likeness (QED) is 0.132. The minimum absolute atomic E-state index is 0.0503. The lowest BCUT2D eigenvalue weighted by molar-refractivity contribution is -0.132. The van der Waals surface area contributed by atoms with Crippen molar-refractivity contribution in [1.29, 1.82) is 0 Å². The van der Waals surface area contributed by atoms with Crippen LogP contribution in [0, 0.1) is 13.8 Å². The average Bonchev–Trinajstić information content (AvgIpc) is 3.55. The van der Waals surface area contributed by atoms with E-state index in [2.05, 4.69) is 0 Å². The molecular weight excluding hydrogens is 564 g/mol. The number of benzene rings is 4. The van der Waals surface area contributed by atoms with Crippen LogP contribution in [0.5, 0.6) is 23.0 Å². The number of carbonyl (C=O) groups is 2. The maximum atomic E-state index is 13.8. The van der Waals surface area contributed by atoms with Gasteiger partial charge < -0.3 is 19.3 Å². The highest BCUT2D eigenvalue weighted by Crippen LogP contribution is 2.46. The van der Waals surface area contributed by atoms with E-state index in [0.717, 1.165) is 21.3 Å². The predicted molar refractivity (Wildman–Crippen MR) is 164 cm³/mol. The van der Waals surface area contributed by atoms with Gasteiger partial charge in [-0.05, 0) is 79.1 Å². The van der Waals surface area contributed by atoms with E-state index in [9.17, 15) is 14.7 Å². The number of hydrogen-bond acceptors (Lipinski definition) is 8. The topological polar surface area (TPSA) is 98.2 Å². The first-order valence-electron chi connectivity index (χ1n) is 13.8. The van der Waals surface area contributed by atoms with Crippen molar-refractivity contribution in [3.8, 4) is 23.0 Å². The Hall–Kier alpha value is -5.15. The molecule has 0 saturated carbocycles. The van der Waals surface area contributed by atoms with Crippen molar-refractivity contribution in [2.75, 3.05) is 18.1 Å². The van der Waals surface area contributed by atoms with Crippen LogP contribution in [-0.4, -0.2) is 35.0 Å². The zero-order valence-electron chi connectivity index (χ0n) is 23.4. The summed E-state index contributed by atoms with van der Waals surface area (Å²) in [6, 6.07) is 24.5. The number of thiazole rings is 1. The number of aromatic nitrogens is 1. The Balaban J connectivity index is 1.40. The van der Waals surface area contributed by atoms with Crippen molar-refractivity contribution in [1.82, 2.24) is 4.98 Å². The molecule has 9 heteroatoms. The highest BCUT2D eigenvalue weighted by molar-refractivity contribution is 7.22. The van der Waals surface area contributed by atoms with E-state index in [1.165, 1.54) is 16.2 Å². The molecule has 1 fully saturated rings. The van der Waals surface area contributed by atoms with E-state index in [-0.39, 0.29) is 11.3 Å². The van der Waals surface area contributed by atoms with Crippen molar-refractivity contribution in [2.24, 2.45) is 0 Å². The van der Waals surface area contributed by atoms with Crippen LogP contribution in [0.3, 0.4) is 0 Å². The lowest BCUT2D eigenvalue weighted by atomic mass is 9.95. The second kappa shape index (κ2) is 10.6. The monoisotopic (exact) mass is 590 g/mol. The maximum absolute atomic E-state index is 13.8. The van der Waals surface area contributed by atoms with Gasteiger partial charge in [-0.2, -0.15) is 0 Å². The number of hydrogen-bond donors (Lipinski definition) is 1. The summed E-state index contributed by atoms with van der Waals surface area (Å²) in [6.45, 7) is 4.76. The van der Waals surface area contributed by atoms with Crippen molar-refractivity contribution >= 4 is 44.1 Å². The van der Waals surface area contributed by atoms with Crippen LogP contribution in [0.1, 0.15) is 28.3 Å². The molecule has 5 aromatic rings. The molecule has 0 spiro atoms. The smallest absolute Gasteiger partial charge is 0.301 e. The Kier molecular flexibility index (Phi) is 6.59. The fraction of sp³-hybridized carbons (Fsp3) is 0.147. The van der Waals surface area contributed by atoms with Crippen LogP contribution in [0.15, 0.2) is 90.5 Å². The van der Waals surface area contributed by atoms with Gasteiger partial charge in [0.05, 0.1) is 21.8 Å². The fourth-order valence-corrected chi connectivity index (χ4v) is 6.69. The minimum atomic E-state index is -0.963. The molecule has 214 valence electrons. The Morgan fingerprint density at radius 3 is 2.49 bits per heavy atom. The summed E-state index contributed by atoms with van der Waals surface area (Å²) in [5, 5.41) is 12.0. The third-order valence-electron chi connectivity index (χ3n) is 7.44. The molecule has 0 bridgehead atoms. The summed E-state index contributed by atoms with van der Waals surface area (Å²) in [5.41, 5.74) is 3.67. The van der Waals surface area contributed by atoms with Gasteiger partial charge in [-0.25, -0.2) is 4.98 Å². The highest BCUT2D eigenvalue weighted by atomic mass is 32.1. The van der Waals surface area contributed by atoms with E-state index in [4.69, 9.17) is 19.2 Å². The van der Waals surface area contributed by atoms with Crippen LogP contribution < -0.4 is 19.1 Å². The second-order valence-electron chi connectivity index (χ2n) is 10.4. The van der Waals surface area contributed by atoms with E-state index in [1.807, 2.05) is 56.3 Å². The molecule has 1 atom stereocenters. The van der Waals surface area contributed by atoms with Gasteiger partial charge in [0.2, 0.25) is 0 Å². The number of carbonyl (C=O) groups excluding carboxylic acids is 2. The van der Waals surface area contributed by atoms with Gasteiger partial charge in [-0.3, -0.25) is 14.5 Å². The van der Waals surface area contributed by atoms with Crippen molar-refractivity contribution in [3.63, 3.8) is 0 Å². The molecule has 1 N–H and O–H groups in total. The zero-order chi connectivity index (χ0) is 29.7. The number of anilines is 1. The van der Waals surface area contributed by atoms with E-state index in [0.29, 0.717) is 52.5 Å². The van der Waals surface area contributed by atoms with Crippen molar-refractivity contribution < 1.29 is 28.9 Å². The summed E-state index contributed by atoms with van der Waals surface area (Å²) >= 11 is 1.33. The molecule has 2 aliphatic rings.